The van der Waals surface area contributed by atoms with Crippen LogP contribution in [0.2, 0.25) is 0 Å². The van der Waals surface area contributed by atoms with Crippen molar-refractivity contribution in [3.8, 4) is 0 Å². The molecule has 1 aliphatic rings. The Morgan fingerprint density at radius 1 is 1.41 bits per heavy atom. The third kappa shape index (κ3) is 2.94. The average Bonchev–Trinajstić information content (AvgIpc) is 2.94. The molecule has 1 nitrogen and oxygen atoms in total. The van der Waals surface area contributed by atoms with Crippen molar-refractivity contribution in [1.82, 2.24) is 0 Å². The third-order valence-corrected chi connectivity index (χ3v) is 3.57. The van der Waals surface area contributed by atoms with Crippen LogP contribution in [0.15, 0.2) is 22.7 Å². The zero-order chi connectivity index (χ0) is 12.6. The highest BCUT2D eigenvalue weighted by atomic mass is 79.9. The highest BCUT2D eigenvalue weighted by molar-refractivity contribution is 9.10. The van der Waals surface area contributed by atoms with E-state index >= 15 is 0 Å². The summed E-state index contributed by atoms with van der Waals surface area (Å²) >= 11 is 3.20. The lowest BCUT2D eigenvalue weighted by Gasteiger charge is -2.15. The Balaban J connectivity index is 2.22. The Morgan fingerprint density at radius 3 is 2.65 bits per heavy atom. The van der Waals surface area contributed by atoms with Crippen LogP contribution in [0.25, 0.3) is 0 Å². The molecule has 0 radical (unpaired) electrons. The van der Waals surface area contributed by atoms with E-state index in [4.69, 9.17) is 0 Å². The lowest BCUT2D eigenvalue weighted by Crippen LogP contribution is -2.13. The van der Waals surface area contributed by atoms with Gasteiger partial charge in [0.05, 0.1) is 5.56 Å². The van der Waals surface area contributed by atoms with E-state index in [1.807, 2.05) is 0 Å². The SMILES string of the molecule is CCC1CC1Nc1cc(Br)ccc1C(F)(F)F. The normalized spacial score (nSPS) is 23.6. The molecule has 94 valence electrons. The summed E-state index contributed by atoms with van der Waals surface area (Å²) in [6, 6.07) is 4.21. The molecule has 2 rings (SSSR count). The van der Waals surface area contributed by atoms with Crippen molar-refractivity contribution < 1.29 is 13.2 Å². The standard InChI is InChI=1S/C12H13BrF3N/c1-2-7-5-10(7)17-11-6-8(13)3-4-9(11)12(14,15)16/h3-4,6-7,10,17H,2,5H2,1H3. The van der Waals surface area contributed by atoms with Crippen LogP contribution in [-0.4, -0.2) is 6.04 Å². The molecule has 2 atom stereocenters. The van der Waals surface area contributed by atoms with Gasteiger partial charge in [0.25, 0.3) is 0 Å². The van der Waals surface area contributed by atoms with E-state index in [9.17, 15) is 13.2 Å². The van der Waals surface area contributed by atoms with Crippen molar-refractivity contribution in [3.05, 3.63) is 28.2 Å². The van der Waals surface area contributed by atoms with E-state index in [2.05, 4.69) is 28.2 Å². The first-order valence-electron chi connectivity index (χ1n) is 5.55. The summed E-state index contributed by atoms with van der Waals surface area (Å²) in [4.78, 5) is 0. The molecule has 17 heavy (non-hydrogen) atoms. The molecule has 0 heterocycles. The maximum atomic E-state index is 12.8. The minimum absolute atomic E-state index is 0.174. The van der Waals surface area contributed by atoms with Crippen LogP contribution in [0, 0.1) is 5.92 Å². The molecule has 5 heteroatoms. The van der Waals surface area contributed by atoms with Crippen LogP contribution in [0.3, 0.4) is 0 Å². The minimum atomic E-state index is -4.31. The van der Waals surface area contributed by atoms with Crippen LogP contribution in [0.1, 0.15) is 25.3 Å². The average molecular weight is 308 g/mol. The van der Waals surface area contributed by atoms with E-state index < -0.39 is 11.7 Å². The fourth-order valence-electron chi connectivity index (χ4n) is 1.96. The molecule has 1 aliphatic carbocycles. The first-order valence-corrected chi connectivity index (χ1v) is 6.34. The molecule has 1 aromatic rings. The van der Waals surface area contributed by atoms with Crippen molar-refractivity contribution in [2.24, 2.45) is 5.92 Å². The summed E-state index contributed by atoms with van der Waals surface area (Å²) < 4.78 is 39.0. The number of anilines is 1. The van der Waals surface area contributed by atoms with Crippen molar-refractivity contribution in [3.63, 3.8) is 0 Å². The maximum Gasteiger partial charge on any atom is 0.418 e. The number of benzene rings is 1. The van der Waals surface area contributed by atoms with Crippen molar-refractivity contribution in [1.29, 1.82) is 0 Å². The molecular formula is C12H13BrF3N. The highest BCUT2D eigenvalue weighted by Gasteiger charge is 2.38. The highest BCUT2D eigenvalue weighted by Crippen LogP contribution is 2.41. The number of hydrogen-bond acceptors (Lipinski definition) is 1. The first-order chi connectivity index (χ1) is 7.91. The van der Waals surface area contributed by atoms with Gasteiger partial charge in [0.1, 0.15) is 0 Å². The molecule has 1 saturated carbocycles. The molecule has 0 amide bonds. The second-order valence-electron chi connectivity index (χ2n) is 4.34. The van der Waals surface area contributed by atoms with Gasteiger partial charge in [-0.3, -0.25) is 0 Å². The number of hydrogen-bond donors (Lipinski definition) is 1. The van der Waals surface area contributed by atoms with Gasteiger partial charge in [-0.25, -0.2) is 0 Å². The van der Waals surface area contributed by atoms with Gasteiger partial charge < -0.3 is 5.32 Å². The van der Waals surface area contributed by atoms with Crippen molar-refractivity contribution >= 4 is 21.6 Å². The van der Waals surface area contributed by atoms with Gasteiger partial charge in [0, 0.05) is 16.2 Å². The number of alkyl halides is 3. The molecule has 1 fully saturated rings. The minimum Gasteiger partial charge on any atom is -0.381 e. The monoisotopic (exact) mass is 307 g/mol. The molecule has 1 aromatic carbocycles. The zero-order valence-electron chi connectivity index (χ0n) is 9.31. The fraction of sp³-hybridized carbons (Fsp3) is 0.500. The third-order valence-electron chi connectivity index (χ3n) is 3.07. The molecular weight excluding hydrogens is 295 g/mol. The Bertz CT molecular complexity index is 417. The van der Waals surface area contributed by atoms with Crippen LogP contribution < -0.4 is 5.32 Å². The van der Waals surface area contributed by atoms with Gasteiger partial charge in [-0.15, -0.1) is 0 Å². The lowest BCUT2D eigenvalue weighted by molar-refractivity contribution is -0.137. The molecule has 0 aromatic heterocycles. The number of rotatable bonds is 3. The number of nitrogens with one attached hydrogen (secondary N) is 1. The molecule has 0 aliphatic heterocycles. The fourth-order valence-corrected chi connectivity index (χ4v) is 2.32. The Hall–Kier alpha value is -0.710. The second-order valence-corrected chi connectivity index (χ2v) is 5.26. The van der Waals surface area contributed by atoms with E-state index in [0.717, 1.165) is 18.9 Å². The quantitative estimate of drug-likeness (QED) is 0.855. The van der Waals surface area contributed by atoms with Crippen LogP contribution in [-0.2, 0) is 6.18 Å². The topological polar surface area (TPSA) is 12.0 Å². The summed E-state index contributed by atoms with van der Waals surface area (Å²) in [6.45, 7) is 2.05. The predicted molar refractivity (Wildman–Crippen MR) is 65.0 cm³/mol. The van der Waals surface area contributed by atoms with E-state index in [1.165, 1.54) is 12.1 Å². The van der Waals surface area contributed by atoms with E-state index in [1.54, 1.807) is 0 Å². The van der Waals surface area contributed by atoms with E-state index in [0.29, 0.717) is 10.4 Å². The Labute approximate surface area is 107 Å². The Morgan fingerprint density at radius 2 is 2.12 bits per heavy atom. The molecule has 0 bridgehead atoms. The van der Waals surface area contributed by atoms with Gasteiger partial charge in [-0.05, 0) is 30.5 Å². The lowest BCUT2D eigenvalue weighted by atomic mass is 10.1. The van der Waals surface area contributed by atoms with Crippen LogP contribution in [0.4, 0.5) is 18.9 Å². The van der Waals surface area contributed by atoms with Crippen molar-refractivity contribution in [2.45, 2.75) is 32.0 Å². The smallest absolute Gasteiger partial charge is 0.381 e. The Kier molecular flexibility index (Phi) is 3.39. The summed E-state index contributed by atoms with van der Waals surface area (Å²) in [6.07, 6.45) is -2.34. The molecule has 1 N–H and O–H groups in total. The second kappa shape index (κ2) is 4.52. The molecule has 2 unspecified atom stereocenters. The predicted octanol–water partition coefficient (Wildman–Crippen LogP) is 4.68. The summed E-state index contributed by atoms with van der Waals surface area (Å²) in [5.74, 6) is 0.509. The van der Waals surface area contributed by atoms with Crippen molar-refractivity contribution in [2.75, 3.05) is 5.32 Å². The van der Waals surface area contributed by atoms with Gasteiger partial charge in [-0.2, -0.15) is 13.2 Å². The summed E-state index contributed by atoms with van der Waals surface area (Å²) in [7, 11) is 0. The first kappa shape index (κ1) is 12.7. The summed E-state index contributed by atoms with van der Waals surface area (Å²) in [5.41, 5.74) is -0.421. The van der Waals surface area contributed by atoms with Crippen LogP contribution >= 0.6 is 15.9 Å². The van der Waals surface area contributed by atoms with Gasteiger partial charge in [0.2, 0.25) is 0 Å². The zero-order valence-corrected chi connectivity index (χ0v) is 10.9. The molecule has 0 saturated heterocycles. The summed E-state index contributed by atoms with van der Waals surface area (Å²) in [5, 5.41) is 2.98. The van der Waals surface area contributed by atoms with Gasteiger partial charge in [0.15, 0.2) is 0 Å². The van der Waals surface area contributed by atoms with Gasteiger partial charge in [-0.1, -0.05) is 29.3 Å². The van der Waals surface area contributed by atoms with Gasteiger partial charge >= 0.3 is 6.18 Å². The van der Waals surface area contributed by atoms with Crippen LogP contribution in [0.5, 0.6) is 0 Å². The largest absolute Gasteiger partial charge is 0.418 e. The molecule has 0 spiro atoms. The van der Waals surface area contributed by atoms with E-state index in [-0.39, 0.29) is 11.7 Å². The number of halogens is 4. The maximum absolute atomic E-state index is 12.8.